The molecule has 19 heavy (non-hydrogen) atoms. The summed E-state index contributed by atoms with van der Waals surface area (Å²) < 4.78 is 5.69. The average molecular weight is 260 g/mol. The standard InChI is InChI=1S/C15H20N2O2/c1-3-8-16-15(18)11(2)17-10-13-9-12-6-4-5-7-14(12)19-13/h4-7,9,11,17H,3,8,10H2,1-2H3,(H,16,18)/t11-/m1/s1. The maximum atomic E-state index is 11.7. The van der Waals surface area contributed by atoms with Gasteiger partial charge in [0, 0.05) is 11.9 Å². The van der Waals surface area contributed by atoms with E-state index >= 15 is 0 Å². The van der Waals surface area contributed by atoms with Crippen LogP contribution in [-0.2, 0) is 11.3 Å². The Kier molecular flexibility index (Phi) is 4.58. The van der Waals surface area contributed by atoms with Crippen molar-refractivity contribution in [2.24, 2.45) is 0 Å². The number of hydrogen-bond donors (Lipinski definition) is 2. The van der Waals surface area contributed by atoms with Crippen molar-refractivity contribution >= 4 is 16.9 Å². The molecule has 0 radical (unpaired) electrons. The molecule has 4 nitrogen and oxygen atoms in total. The molecule has 4 heteroatoms. The van der Waals surface area contributed by atoms with E-state index in [1.807, 2.05) is 44.2 Å². The molecule has 0 aliphatic rings. The molecule has 0 fully saturated rings. The minimum absolute atomic E-state index is 0.0259. The van der Waals surface area contributed by atoms with E-state index in [0.717, 1.165) is 29.7 Å². The van der Waals surface area contributed by atoms with E-state index in [4.69, 9.17) is 4.42 Å². The van der Waals surface area contributed by atoms with Gasteiger partial charge in [-0.1, -0.05) is 25.1 Å². The summed E-state index contributed by atoms with van der Waals surface area (Å²) in [6.07, 6.45) is 0.946. The molecular formula is C15H20N2O2. The Bertz CT molecular complexity index is 515. The van der Waals surface area contributed by atoms with Crippen LogP contribution in [0, 0.1) is 0 Å². The van der Waals surface area contributed by atoms with Gasteiger partial charge in [0.2, 0.25) is 5.91 Å². The molecule has 0 spiro atoms. The topological polar surface area (TPSA) is 54.3 Å². The average Bonchev–Trinajstić information content (AvgIpc) is 2.84. The van der Waals surface area contributed by atoms with Gasteiger partial charge in [-0.05, 0) is 25.5 Å². The number of furan rings is 1. The minimum Gasteiger partial charge on any atom is -0.460 e. The summed E-state index contributed by atoms with van der Waals surface area (Å²) in [5.74, 6) is 0.870. The number of hydrogen-bond acceptors (Lipinski definition) is 3. The van der Waals surface area contributed by atoms with Gasteiger partial charge >= 0.3 is 0 Å². The molecule has 1 atom stereocenters. The van der Waals surface area contributed by atoms with E-state index in [1.165, 1.54) is 0 Å². The summed E-state index contributed by atoms with van der Waals surface area (Å²) in [5, 5.41) is 7.11. The van der Waals surface area contributed by atoms with Crippen LogP contribution in [0.25, 0.3) is 11.0 Å². The first-order valence-corrected chi connectivity index (χ1v) is 6.69. The van der Waals surface area contributed by atoms with E-state index in [-0.39, 0.29) is 11.9 Å². The van der Waals surface area contributed by atoms with Gasteiger partial charge in [-0.15, -0.1) is 0 Å². The van der Waals surface area contributed by atoms with Gasteiger partial charge in [0.15, 0.2) is 0 Å². The molecule has 1 aromatic heterocycles. The van der Waals surface area contributed by atoms with Crippen molar-refractivity contribution < 1.29 is 9.21 Å². The molecule has 2 rings (SSSR count). The maximum Gasteiger partial charge on any atom is 0.236 e. The normalized spacial score (nSPS) is 12.5. The zero-order valence-electron chi connectivity index (χ0n) is 11.4. The van der Waals surface area contributed by atoms with Crippen molar-refractivity contribution in [1.82, 2.24) is 10.6 Å². The second kappa shape index (κ2) is 6.38. The van der Waals surface area contributed by atoms with Crippen LogP contribution < -0.4 is 10.6 Å². The van der Waals surface area contributed by atoms with Gasteiger partial charge < -0.3 is 9.73 Å². The lowest BCUT2D eigenvalue weighted by Crippen LogP contribution is -2.41. The van der Waals surface area contributed by atoms with Gasteiger partial charge in [-0.25, -0.2) is 0 Å². The molecule has 0 saturated carbocycles. The Morgan fingerprint density at radius 3 is 2.89 bits per heavy atom. The number of para-hydroxylation sites is 1. The van der Waals surface area contributed by atoms with Gasteiger partial charge in [0.1, 0.15) is 11.3 Å². The van der Waals surface area contributed by atoms with Gasteiger partial charge in [-0.3, -0.25) is 10.1 Å². The third-order valence-electron chi connectivity index (χ3n) is 3.00. The van der Waals surface area contributed by atoms with Crippen molar-refractivity contribution in [3.8, 4) is 0 Å². The van der Waals surface area contributed by atoms with Gasteiger partial charge in [0.25, 0.3) is 0 Å². The second-order valence-corrected chi connectivity index (χ2v) is 4.64. The fraction of sp³-hybridized carbons (Fsp3) is 0.400. The van der Waals surface area contributed by atoms with Crippen LogP contribution in [0.5, 0.6) is 0 Å². The Morgan fingerprint density at radius 2 is 2.16 bits per heavy atom. The Morgan fingerprint density at radius 1 is 1.37 bits per heavy atom. The molecule has 0 saturated heterocycles. The first-order valence-electron chi connectivity index (χ1n) is 6.69. The van der Waals surface area contributed by atoms with Crippen LogP contribution in [0.1, 0.15) is 26.0 Å². The van der Waals surface area contributed by atoms with Gasteiger partial charge in [-0.2, -0.15) is 0 Å². The summed E-state index contributed by atoms with van der Waals surface area (Å²) in [7, 11) is 0. The molecule has 1 aromatic carbocycles. The number of carbonyl (C=O) groups is 1. The second-order valence-electron chi connectivity index (χ2n) is 4.64. The highest BCUT2D eigenvalue weighted by Gasteiger charge is 2.12. The molecule has 102 valence electrons. The fourth-order valence-electron chi connectivity index (χ4n) is 1.87. The third kappa shape index (κ3) is 3.58. The lowest BCUT2D eigenvalue weighted by molar-refractivity contribution is -0.122. The zero-order chi connectivity index (χ0) is 13.7. The minimum atomic E-state index is -0.222. The largest absolute Gasteiger partial charge is 0.460 e. The summed E-state index contributed by atoms with van der Waals surface area (Å²) in [5.41, 5.74) is 0.877. The lowest BCUT2D eigenvalue weighted by atomic mass is 10.2. The number of fused-ring (bicyclic) bond motifs is 1. The highest BCUT2D eigenvalue weighted by Crippen LogP contribution is 2.18. The predicted molar refractivity (Wildman–Crippen MR) is 75.8 cm³/mol. The quantitative estimate of drug-likeness (QED) is 0.838. The lowest BCUT2D eigenvalue weighted by Gasteiger charge is -2.12. The molecule has 0 aliphatic carbocycles. The van der Waals surface area contributed by atoms with Crippen LogP contribution in [-0.4, -0.2) is 18.5 Å². The smallest absolute Gasteiger partial charge is 0.236 e. The van der Waals surface area contributed by atoms with Crippen LogP contribution in [0.2, 0.25) is 0 Å². The number of nitrogens with one attached hydrogen (secondary N) is 2. The first kappa shape index (κ1) is 13.6. The maximum absolute atomic E-state index is 11.7. The van der Waals surface area contributed by atoms with E-state index in [0.29, 0.717) is 6.54 Å². The van der Waals surface area contributed by atoms with Gasteiger partial charge in [0.05, 0.1) is 12.6 Å². The van der Waals surface area contributed by atoms with Crippen LogP contribution in [0.4, 0.5) is 0 Å². The summed E-state index contributed by atoms with van der Waals surface area (Å²) in [4.78, 5) is 11.7. The predicted octanol–water partition coefficient (Wildman–Crippen LogP) is 2.44. The molecule has 0 aliphatic heterocycles. The molecular weight excluding hydrogens is 240 g/mol. The van der Waals surface area contributed by atoms with Crippen LogP contribution in [0.3, 0.4) is 0 Å². The van der Waals surface area contributed by atoms with E-state index in [2.05, 4.69) is 10.6 Å². The number of benzene rings is 1. The Labute approximate surface area is 113 Å². The summed E-state index contributed by atoms with van der Waals surface area (Å²) >= 11 is 0. The van der Waals surface area contributed by atoms with Crippen LogP contribution in [0.15, 0.2) is 34.7 Å². The molecule has 2 N–H and O–H groups in total. The van der Waals surface area contributed by atoms with E-state index in [1.54, 1.807) is 0 Å². The summed E-state index contributed by atoms with van der Waals surface area (Å²) in [6, 6.07) is 9.66. The highest BCUT2D eigenvalue weighted by molar-refractivity contribution is 5.81. The Balaban J connectivity index is 1.89. The van der Waals surface area contributed by atoms with E-state index < -0.39 is 0 Å². The number of amides is 1. The SMILES string of the molecule is CCCNC(=O)[C@@H](C)NCc1cc2ccccc2o1. The molecule has 0 bridgehead atoms. The monoisotopic (exact) mass is 260 g/mol. The summed E-state index contributed by atoms with van der Waals surface area (Å²) in [6.45, 7) is 5.16. The van der Waals surface area contributed by atoms with E-state index in [9.17, 15) is 4.79 Å². The Hall–Kier alpha value is -1.81. The molecule has 1 amide bonds. The third-order valence-corrected chi connectivity index (χ3v) is 3.00. The van der Waals surface area contributed by atoms with Crippen LogP contribution >= 0.6 is 0 Å². The molecule has 0 unspecified atom stereocenters. The van der Waals surface area contributed by atoms with Crippen molar-refractivity contribution in [1.29, 1.82) is 0 Å². The van der Waals surface area contributed by atoms with Crippen molar-refractivity contribution in [3.05, 3.63) is 36.1 Å². The first-order chi connectivity index (χ1) is 9.20. The fourth-order valence-corrected chi connectivity index (χ4v) is 1.87. The highest BCUT2D eigenvalue weighted by atomic mass is 16.3. The molecule has 1 heterocycles. The number of carbonyl (C=O) groups excluding carboxylic acids is 1. The molecule has 2 aromatic rings. The van der Waals surface area contributed by atoms with Crippen molar-refractivity contribution in [2.45, 2.75) is 32.9 Å². The number of rotatable bonds is 6. The van der Waals surface area contributed by atoms with Crippen molar-refractivity contribution in [3.63, 3.8) is 0 Å². The zero-order valence-corrected chi connectivity index (χ0v) is 11.4. The van der Waals surface area contributed by atoms with Crippen molar-refractivity contribution in [2.75, 3.05) is 6.54 Å².